The molecule has 0 spiro atoms. The molecule has 0 radical (unpaired) electrons. The second-order valence-corrected chi connectivity index (χ2v) is 8.12. The third-order valence-corrected chi connectivity index (χ3v) is 4.56. The van der Waals surface area contributed by atoms with Crippen molar-refractivity contribution in [1.29, 1.82) is 0 Å². The molecule has 1 fully saturated rings. The monoisotopic (exact) mass is 350 g/mol. The maximum absolute atomic E-state index is 12.5. The number of carbonyl (C=O) groups excluding carboxylic acids is 2. The summed E-state index contributed by atoms with van der Waals surface area (Å²) in [4.78, 5) is 27.3. The lowest BCUT2D eigenvalue weighted by molar-refractivity contribution is 0.0290. The number of carbonyl (C=O) groups is 2. The zero-order chi connectivity index (χ0) is 17.7. The molecule has 2 amide bonds. The van der Waals surface area contributed by atoms with Crippen LogP contribution in [0.5, 0.6) is 0 Å². The van der Waals surface area contributed by atoms with E-state index >= 15 is 0 Å². The Morgan fingerprint density at radius 2 is 2.04 bits per heavy atom. The smallest absolute Gasteiger partial charge is 0.410 e. The highest BCUT2D eigenvalue weighted by atomic mass is 32.2. The van der Waals surface area contributed by atoms with Crippen LogP contribution in [0.15, 0.2) is 29.2 Å². The Morgan fingerprint density at radius 1 is 1.33 bits per heavy atom. The highest BCUT2D eigenvalue weighted by Gasteiger charge is 2.30. The van der Waals surface area contributed by atoms with E-state index in [0.29, 0.717) is 18.7 Å². The van der Waals surface area contributed by atoms with Crippen LogP contribution in [0, 0.1) is 0 Å². The lowest BCUT2D eigenvalue weighted by Gasteiger charge is -2.24. The van der Waals surface area contributed by atoms with Crippen LogP contribution in [0.3, 0.4) is 0 Å². The van der Waals surface area contributed by atoms with Crippen molar-refractivity contribution in [3.05, 3.63) is 29.8 Å². The fourth-order valence-corrected chi connectivity index (χ4v) is 3.37. The van der Waals surface area contributed by atoms with Crippen LogP contribution in [0.2, 0.25) is 0 Å². The fourth-order valence-electron chi connectivity index (χ4n) is 2.57. The first-order valence-electron chi connectivity index (χ1n) is 8.30. The van der Waals surface area contributed by atoms with Gasteiger partial charge in [0.25, 0.3) is 5.91 Å². The van der Waals surface area contributed by atoms with Crippen molar-refractivity contribution >= 4 is 23.8 Å². The molecular formula is C18H26N2O3S. The highest BCUT2D eigenvalue weighted by molar-refractivity contribution is 7.99. The number of nitrogens with one attached hydrogen (secondary N) is 1. The van der Waals surface area contributed by atoms with E-state index in [4.69, 9.17) is 4.74 Å². The van der Waals surface area contributed by atoms with Crippen molar-refractivity contribution in [3.8, 4) is 0 Å². The van der Waals surface area contributed by atoms with Gasteiger partial charge in [0.1, 0.15) is 5.60 Å². The number of thioether (sulfide) groups is 1. The maximum atomic E-state index is 12.5. The summed E-state index contributed by atoms with van der Waals surface area (Å²) in [5, 5.41) is 3.04. The molecule has 24 heavy (non-hydrogen) atoms. The lowest BCUT2D eigenvalue weighted by atomic mass is 10.2. The molecule has 6 heteroatoms. The molecule has 0 aromatic heterocycles. The maximum Gasteiger partial charge on any atom is 0.410 e. The van der Waals surface area contributed by atoms with E-state index in [1.165, 1.54) is 0 Å². The van der Waals surface area contributed by atoms with Crippen LogP contribution in [-0.2, 0) is 4.74 Å². The minimum Gasteiger partial charge on any atom is -0.444 e. The molecule has 0 bridgehead atoms. The summed E-state index contributed by atoms with van der Waals surface area (Å²) >= 11 is 1.65. The fraction of sp³-hybridized carbons (Fsp3) is 0.556. The Kier molecular flexibility index (Phi) is 6.15. The molecule has 132 valence electrons. The van der Waals surface area contributed by atoms with Gasteiger partial charge in [-0.15, -0.1) is 11.8 Å². The number of amides is 2. The molecule has 1 aliphatic heterocycles. The molecule has 0 aliphatic carbocycles. The van der Waals surface area contributed by atoms with Gasteiger partial charge in [0.15, 0.2) is 0 Å². The molecule has 1 N–H and O–H groups in total. The van der Waals surface area contributed by atoms with Gasteiger partial charge in [-0.2, -0.15) is 0 Å². The van der Waals surface area contributed by atoms with Crippen molar-refractivity contribution < 1.29 is 14.3 Å². The second kappa shape index (κ2) is 7.92. The summed E-state index contributed by atoms with van der Waals surface area (Å²) in [6.07, 6.45) is 0.426. The van der Waals surface area contributed by atoms with Crippen LogP contribution >= 0.6 is 11.8 Å². The number of rotatable bonds is 4. The Labute approximate surface area is 148 Å². The van der Waals surface area contributed by atoms with Crippen molar-refractivity contribution in [2.24, 2.45) is 0 Å². The molecule has 1 heterocycles. The summed E-state index contributed by atoms with van der Waals surface area (Å²) < 4.78 is 5.38. The van der Waals surface area contributed by atoms with Crippen LogP contribution < -0.4 is 5.32 Å². The van der Waals surface area contributed by atoms with E-state index in [9.17, 15) is 9.59 Å². The number of likely N-dealkylation sites (tertiary alicyclic amines) is 1. The average Bonchev–Trinajstić information content (AvgIpc) is 2.95. The van der Waals surface area contributed by atoms with Gasteiger partial charge in [-0.25, -0.2) is 4.79 Å². The van der Waals surface area contributed by atoms with Crippen molar-refractivity contribution in [3.63, 3.8) is 0 Å². The van der Waals surface area contributed by atoms with Crippen LogP contribution in [-0.4, -0.2) is 47.4 Å². The van der Waals surface area contributed by atoms with Gasteiger partial charge in [0, 0.05) is 24.0 Å². The second-order valence-electron chi connectivity index (χ2n) is 6.81. The molecule has 0 unspecified atom stereocenters. The number of hydrogen-bond donors (Lipinski definition) is 1. The van der Waals surface area contributed by atoms with Gasteiger partial charge < -0.3 is 15.0 Å². The minimum absolute atomic E-state index is 0.0373. The zero-order valence-corrected chi connectivity index (χ0v) is 15.6. The van der Waals surface area contributed by atoms with Crippen molar-refractivity contribution in [1.82, 2.24) is 10.2 Å². The predicted octanol–water partition coefficient (Wildman–Crippen LogP) is 3.54. The number of benzene rings is 1. The largest absolute Gasteiger partial charge is 0.444 e. The summed E-state index contributed by atoms with van der Waals surface area (Å²) in [7, 11) is 0. The number of nitrogens with zero attached hydrogens (tertiary/aromatic N) is 1. The lowest BCUT2D eigenvalue weighted by Crippen LogP contribution is -2.40. The first-order valence-corrected chi connectivity index (χ1v) is 9.29. The number of hydrogen-bond acceptors (Lipinski definition) is 4. The first kappa shape index (κ1) is 18.6. The SMILES string of the molecule is CCSc1ccccc1C(=O)N[C@H]1CCN(C(=O)OC(C)(C)C)C1. The van der Waals surface area contributed by atoms with Gasteiger partial charge in [-0.3, -0.25) is 4.79 Å². The first-order chi connectivity index (χ1) is 11.3. The summed E-state index contributed by atoms with van der Waals surface area (Å²) in [6.45, 7) is 8.71. The average molecular weight is 350 g/mol. The van der Waals surface area contributed by atoms with Crippen molar-refractivity contribution in [2.45, 2.75) is 50.7 Å². The molecule has 1 aromatic rings. The zero-order valence-electron chi connectivity index (χ0n) is 14.8. The molecule has 0 saturated carbocycles. The third-order valence-electron chi connectivity index (χ3n) is 3.61. The molecule has 5 nitrogen and oxygen atoms in total. The summed E-state index contributed by atoms with van der Waals surface area (Å²) in [5.41, 5.74) is 0.189. The van der Waals surface area contributed by atoms with Gasteiger partial charge in [0.2, 0.25) is 0 Å². The Balaban J connectivity index is 1.93. The van der Waals surface area contributed by atoms with Crippen molar-refractivity contribution in [2.75, 3.05) is 18.8 Å². The van der Waals surface area contributed by atoms with E-state index in [1.54, 1.807) is 16.7 Å². The molecule has 2 rings (SSSR count). The van der Waals surface area contributed by atoms with E-state index in [1.807, 2.05) is 45.0 Å². The van der Waals surface area contributed by atoms with Crippen LogP contribution in [0.4, 0.5) is 4.79 Å². The minimum atomic E-state index is -0.505. The van der Waals surface area contributed by atoms with E-state index in [2.05, 4.69) is 12.2 Å². The Morgan fingerprint density at radius 3 is 2.71 bits per heavy atom. The highest BCUT2D eigenvalue weighted by Crippen LogP contribution is 2.23. The standard InChI is InChI=1S/C18H26N2O3S/c1-5-24-15-9-7-6-8-14(15)16(21)19-13-10-11-20(12-13)17(22)23-18(2,3)4/h6-9,13H,5,10-12H2,1-4H3,(H,19,21)/t13-/m0/s1. The van der Waals surface area contributed by atoms with E-state index < -0.39 is 5.60 Å². The molecule has 1 aliphatic rings. The number of ether oxygens (including phenoxy) is 1. The molecule has 1 aromatic carbocycles. The van der Waals surface area contributed by atoms with Crippen LogP contribution in [0.25, 0.3) is 0 Å². The molecule has 1 atom stereocenters. The van der Waals surface area contributed by atoms with E-state index in [0.717, 1.165) is 17.1 Å². The van der Waals surface area contributed by atoms with Gasteiger partial charge in [-0.05, 0) is 45.1 Å². The van der Waals surface area contributed by atoms with Gasteiger partial charge >= 0.3 is 6.09 Å². The quantitative estimate of drug-likeness (QED) is 0.844. The van der Waals surface area contributed by atoms with Gasteiger partial charge in [-0.1, -0.05) is 19.1 Å². The van der Waals surface area contributed by atoms with E-state index in [-0.39, 0.29) is 18.0 Å². The Hall–Kier alpha value is -1.69. The van der Waals surface area contributed by atoms with Gasteiger partial charge in [0.05, 0.1) is 5.56 Å². The summed E-state index contributed by atoms with van der Waals surface area (Å²) in [6, 6.07) is 7.58. The summed E-state index contributed by atoms with van der Waals surface area (Å²) in [5.74, 6) is 0.836. The predicted molar refractivity (Wildman–Crippen MR) is 96.5 cm³/mol. The molecule has 1 saturated heterocycles. The third kappa shape index (κ3) is 5.16. The topological polar surface area (TPSA) is 58.6 Å². The molecular weight excluding hydrogens is 324 g/mol. The Bertz CT molecular complexity index is 598. The normalized spacial score (nSPS) is 17.7. The van der Waals surface area contributed by atoms with Crippen LogP contribution in [0.1, 0.15) is 44.5 Å².